The molecule has 2 aromatic rings. The molecule has 0 radical (unpaired) electrons. The minimum atomic E-state index is -0.521. The van der Waals surface area contributed by atoms with E-state index >= 15 is 0 Å². The van der Waals surface area contributed by atoms with Crippen molar-refractivity contribution < 1.29 is 18.9 Å². The van der Waals surface area contributed by atoms with Gasteiger partial charge in [-0.05, 0) is 105 Å². The molecule has 0 amide bonds. The van der Waals surface area contributed by atoms with E-state index in [1.54, 1.807) is 0 Å². The maximum Gasteiger partial charge on any atom is 0.233 e. The Bertz CT molecular complexity index is 1420. The fraction of sp³-hybridized carbons (Fsp3) is 0.758. The first-order valence-electron chi connectivity index (χ1n) is 15.4. The zero-order chi connectivity index (χ0) is 28.5. The number of nitrogens with zero attached hydrogens (tertiary/aromatic N) is 3. The van der Waals surface area contributed by atoms with E-state index in [9.17, 15) is 9.90 Å². The van der Waals surface area contributed by atoms with E-state index in [0.29, 0.717) is 5.82 Å². The normalized spacial score (nSPS) is 45.5. The van der Waals surface area contributed by atoms with Gasteiger partial charge in [-0.1, -0.05) is 50.5 Å². The second kappa shape index (κ2) is 7.96. The quantitative estimate of drug-likeness (QED) is 0.472. The molecule has 1 N–H and O–H groups in total. The molecule has 2 aromatic heterocycles. The highest BCUT2D eigenvalue weighted by atomic mass is 16.5. The number of fused-ring (bicyclic) bond motifs is 8. The van der Waals surface area contributed by atoms with Crippen LogP contribution in [-0.4, -0.2) is 32.8 Å². The fourth-order valence-corrected chi connectivity index (χ4v) is 11.2. The minimum absolute atomic E-state index is 0.0105. The maximum atomic E-state index is 14.7. The van der Waals surface area contributed by atoms with E-state index in [1.807, 2.05) is 13.1 Å². The summed E-state index contributed by atoms with van der Waals surface area (Å²) in [6.45, 7) is 16.0. The van der Waals surface area contributed by atoms with Crippen molar-refractivity contribution in [1.29, 1.82) is 0 Å². The molecule has 0 spiro atoms. The minimum Gasteiger partial charge on any atom is -0.395 e. The number of ketones is 1. The molecule has 1 unspecified atom stereocenters. The van der Waals surface area contributed by atoms with Gasteiger partial charge in [0.15, 0.2) is 11.6 Å². The number of carbonyl (C=O) groups is 1. The largest absolute Gasteiger partial charge is 0.395 e. The lowest BCUT2D eigenvalue weighted by atomic mass is 9.34. The summed E-state index contributed by atoms with van der Waals surface area (Å²) in [5.74, 6) is 2.80. The van der Waals surface area contributed by atoms with Gasteiger partial charge >= 0.3 is 0 Å². The van der Waals surface area contributed by atoms with Gasteiger partial charge in [-0.25, -0.2) is 0 Å². The second-order valence-corrected chi connectivity index (χ2v) is 15.9. The Morgan fingerprint density at radius 2 is 1.77 bits per heavy atom. The molecule has 40 heavy (non-hydrogen) atoms. The van der Waals surface area contributed by atoms with Gasteiger partial charge in [-0.15, -0.1) is 0 Å². The maximum absolute atomic E-state index is 14.7. The van der Waals surface area contributed by atoms with Crippen LogP contribution in [0.5, 0.6) is 0 Å². The third-order valence-electron chi connectivity index (χ3n) is 13.4. The van der Waals surface area contributed by atoms with Crippen molar-refractivity contribution in [1.82, 2.24) is 15.3 Å². The first kappa shape index (κ1) is 26.6. The Kier molecular flexibility index (Phi) is 5.29. The van der Waals surface area contributed by atoms with Crippen molar-refractivity contribution >= 4 is 5.78 Å². The third-order valence-corrected chi connectivity index (χ3v) is 13.4. The number of hydrogen-bond donors (Lipinski definition) is 1. The summed E-state index contributed by atoms with van der Waals surface area (Å²) in [6, 6.07) is 0. The first-order valence-corrected chi connectivity index (χ1v) is 15.4. The number of aliphatic hydroxyl groups is 1. The molecule has 5 aliphatic rings. The number of aliphatic hydroxyl groups excluding tert-OH is 1. The van der Waals surface area contributed by atoms with Gasteiger partial charge in [0.05, 0.1) is 23.6 Å². The van der Waals surface area contributed by atoms with Crippen LogP contribution >= 0.6 is 0 Å². The Morgan fingerprint density at radius 1 is 1.02 bits per heavy atom. The van der Waals surface area contributed by atoms with Crippen LogP contribution in [0.1, 0.15) is 110 Å². The Labute approximate surface area is 237 Å². The van der Waals surface area contributed by atoms with Gasteiger partial charge in [0.25, 0.3) is 0 Å². The van der Waals surface area contributed by atoms with Crippen LogP contribution < -0.4 is 0 Å². The SMILES string of the molecule is Cc1noc([C@]23CCC(C)(C)C[C@H]2[C@H]2C(=O)C=C4[C@@]5(C)Cc6cnoc6[C@@](C)(CO)C5CC[C@@]4(C)[C@]2(C)CC3)n1. The predicted octanol–water partition coefficient (Wildman–Crippen LogP) is 6.28. The molecule has 5 aliphatic carbocycles. The lowest BCUT2D eigenvalue weighted by molar-refractivity contribution is -0.162. The first-order chi connectivity index (χ1) is 18.7. The molecule has 2 heterocycles. The Hall–Kier alpha value is -2.28. The predicted molar refractivity (Wildman–Crippen MR) is 149 cm³/mol. The van der Waals surface area contributed by atoms with Crippen molar-refractivity contribution in [3.8, 4) is 0 Å². The molecule has 3 saturated carbocycles. The molecule has 0 aliphatic heterocycles. The summed E-state index contributed by atoms with van der Waals surface area (Å²) in [5, 5.41) is 19.1. The monoisotopic (exact) mass is 547 g/mol. The Morgan fingerprint density at radius 3 is 2.48 bits per heavy atom. The number of rotatable bonds is 2. The molecule has 0 saturated heterocycles. The Balaban J connectivity index is 1.39. The summed E-state index contributed by atoms with van der Waals surface area (Å²) < 4.78 is 11.7. The molecule has 7 nitrogen and oxygen atoms in total. The molecule has 3 fully saturated rings. The van der Waals surface area contributed by atoms with Crippen molar-refractivity contribution in [2.45, 2.75) is 111 Å². The zero-order valence-electron chi connectivity index (χ0n) is 25.3. The average Bonchev–Trinajstić information content (AvgIpc) is 3.54. The number of carbonyl (C=O) groups excluding carboxylic acids is 1. The zero-order valence-corrected chi connectivity index (χ0v) is 25.3. The number of allylic oxidation sites excluding steroid dienone is 2. The van der Waals surface area contributed by atoms with Gasteiger partial charge in [-0.2, -0.15) is 4.98 Å². The molecule has 216 valence electrons. The van der Waals surface area contributed by atoms with Crippen molar-refractivity contribution in [2.75, 3.05) is 6.61 Å². The van der Waals surface area contributed by atoms with E-state index in [-0.39, 0.29) is 57.2 Å². The summed E-state index contributed by atoms with van der Waals surface area (Å²) in [4.78, 5) is 19.5. The van der Waals surface area contributed by atoms with E-state index < -0.39 is 5.41 Å². The summed E-state index contributed by atoms with van der Waals surface area (Å²) in [7, 11) is 0. The van der Waals surface area contributed by atoms with Crippen LogP contribution in [0.2, 0.25) is 0 Å². The number of hydrogen-bond acceptors (Lipinski definition) is 7. The third kappa shape index (κ3) is 3.06. The average molecular weight is 548 g/mol. The molecule has 0 aromatic carbocycles. The topological polar surface area (TPSA) is 102 Å². The summed E-state index contributed by atoms with van der Waals surface area (Å²) in [5.41, 5.74) is 1.21. The van der Waals surface area contributed by atoms with E-state index in [4.69, 9.17) is 14.0 Å². The van der Waals surface area contributed by atoms with Crippen molar-refractivity contribution in [3.05, 3.63) is 40.9 Å². The van der Waals surface area contributed by atoms with Gasteiger partial charge in [0.2, 0.25) is 5.89 Å². The van der Waals surface area contributed by atoms with Crippen LogP contribution in [0.4, 0.5) is 0 Å². The smallest absolute Gasteiger partial charge is 0.233 e. The van der Waals surface area contributed by atoms with Crippen LogP contribution in [0.25, 0.3) is 0 Å². The van der Waals surface area contributed by atoms with Gasteiger partial charge in [0, 0.05) is 11.5 Å². The summed E-state index contributed by atoms with van der Waals surface area (Å²) in [6.07, 6.45) is 11.7. The van der Waals surface area contributed by atoms with Gasteiger partial charge in [-0.3, -0.25) is 4.79 Å². The highest BCUT2D eigenvalue weighted by Crippen LogP contribution is 2.74. The van der Waals surface area contributed by atoms with Crippen LogP contribution in [0.15, 0.2) is 26.9 Å². The lowest BCUT2D eigenvalue weighted by Crippen LogP contribution is -2.66. The van der Waals surface area contributed by atoms with E-state index in [0.717, 1.165) is 68.6 Å². The molecule has 7 heteroatoms. The van der Waals surface area contributed by atoms with Crippen LogP contribution in [0.3, 0.4) is 0 Å². The highest BCUT2D eigenvalue weighted by molar-refractivity contribution is 5.95. The standard InChI is InChI=1S/C33H45N3O4/c1-19-35-27(40-36-19)33-12-10-28(2,3)16-21(33)25-22(38)14-24-29(4)15-20-17-34-39-26(20)30(5,18-37)23(29)8-9-31(24,6)32(25,7)11-13-33/h14,17,21,23,25,37H,8-13,15-16,18H2,1-7H3/t21-,23?,25-,29-,30-,31+,32+,33-/m0/s1. The van der Waals surface area contributed by atoms with Crippen molar-refractivity contribution in [2.24, 2.45) is 39.4 Å². The van der Waals surface area contributed by atoms with Crippen LogP contribution in [0, 0.1) is 46.3 Å². The molecular formula is C33H45N3O4. The lowest BCUT2D eigenvalue weighted by Gasteiger charge is -2.69. The second-order valence-electron chi connectivity index (χ2n) is 15.9. The number of aromatic nitrogens is 3. The molecule has 0 bridgehead atoms. The van der Waals surface area contributed by atoms with E-state index in [1.165, 1.54) is 5.57 Å². The van der Waals surface area contributed by atoms with Crippen molar-refractivity contribution in [3.63, 3.8) is 0 Å². The highest BCUT2D eigenvalue weighted by Gasteiger charge is 2.71. The van der Waals surface area contributed by atoms with E-state index in [2.05, 4.69) is 57.9 Å². The fourth-order valence-electron chi connectivity index (χ4n) is 11.2. The molecule has 7 rings (SSSR count). The van der Waals surface area contributed by atoms with Crippen LogP contribution in [-0.2, 0) is 22.0 Å². The van der Waals surface area contributed by atoms with Gasteiger partial charge in [0.1, 0.15) is 5.76 Å². The molecule has 8 atom stereocenters. The van der Waals surface area contributed by atoms with Gasteiger partial charge < -0.3 is 14.2 Å². The number of aryl methyl sites for hydroxylation is 1. The summed E-state index contributed by atoms with van der Waals surface area (Å²) >= 11 is 0. The molecular weight excluding hydrogens is 502 g/mol.